The van der Waals surface area contributed by atoms with E-state index >= 15 is 0 Å². The maximum atomic E-state index is 5.85. The largest absolute Gasteiger partial charge is 0.374 e. The standard InChI is InChI=1S/C22H35N5O.HI/c1-3-23-22(24-18-21-19-25(2)16-17-28-21)27-14-12-26(13-15-27)11-7-10-20-8-5-4-6-9-20;/h4-10,21H,3,11-19H2,1-2H3,(H,23,24);1H/b10-7+;. The Balaban J connectivity index is 0.00000300. The Morgan fingerprint density at radius 1 is 1.17 bits per heavy atom. The molecule has 1 unspecified atom stereocenters. The Morgan fingerprint density at radius 3 is 2.62 bits per heavy atom. The van der Waals surface area contributed by atoms with Crippen LogP contribution in [0.5, 0.6) is 0 Å². The lowest BCUT2D eigenvalue weighted by Gasteiger charge is -2.36. The Bertz CT molecular complexity index is 631. The zero-order chi connectivity index (χ0) is 19.6. The lowest BCUT2D eigenvalue weighted by molar-refractivity contribution is -0.0137. The molecule has 0 spiro atoms. The highest BCUT2D eigenvalue weighted by Crippen LogP contribution is 2.07. The molecular weight excluding hydrogens is 477 g/mol. The van der Waals surface area contributed by atoms with E-state index in [1.54, 1.807) is 0 Å². The molecule has 29 heavy (non-hydrogen) atoms. The van der Waals surface area contributed by atoms with Crippen LogP contribution in [0.4, 0.5) is 0 Å². The number of aliphatic imine (C=N–C) groups is 1. The minimum Gasteiger partial charge on any atom is -0.374 e. The Hall–Kier alpha value is -1.16. The van der Waals surface area contributed by atoms with Crippen LogP contribution in [0.25, 0.3) is 6.08 Å². The molecular formula is C22H36IN5O. The average molecular weight is 513 g/mol. The summed E-state index contributed by atoms with van der Waals surface area (Å²) in [5.74, 6) is 1.03. The van der Waals surface area contributed by atoms with E-state index in [1.807, 2.05) is 0 Å². The van der Waals surface area contributed by atoms with Crippen molar-refractivity contribution >= 4 is 36.0 Å². The van der Waals surface area contributed by atoms with Gasteiger partial charge in [-0.05, 0) is 19.5 Å². The van der Waals surface area contributed by atoms with Crippen molar-refractivity contribution in [2.75, 3.05) is 72.6 Å². The second-order valence-corrected chi connectivity index (χ2v) is 7.55. The third kappa shape index (κ3) is 8.24. The molecule has 162 valence electrons. The molecule has 0 aromatic heterocycles. The van der Waals surface area contributed by atoms with Crippen LogP contribution in [0.2, 0.25) is 0 Å². The number of piperazine rings is 1. The fourth-order valence-electron chi connectivity index (χ4n) is 3.64. The van der Waals surface area contributed by atoms with Gasteiger partial charge in [0.05, 0.1) is 19.3 Å². The van der Waals surface area contributed by atoms with Gasteiger partial charge in [-0.25, -0.2) is 0 Å². The van der Waals surface area contributed by atoms with E-state index in [1.165, 1.54) is 5.56 Å². The van der Waals surface area contributed by atoms with Crippen LogP contribution in [-0.2, 0) is 4.74 Å². The SMILES string of the molecule is CCNC(=NCC1CN(C)CCO1)N1CCN(C/C=C/c2ccccc2)CC1.I. The van der Waals surface area contributed by atoms with Crippen molar-refractivity contribution in [3.05, 3.63) is 42.0 Å². The molecule has 0 radical (unpaired) electrons. The van der Waals surface area contributed by atoms with Gasteiger partial charge in [0.2, 0.25) is 0 Å². The van der Waals surface area contributed by atoms with E-state index in [0.29, 0.717) is 0 Å². The van der Waals surface area contributed by atoms with E-state index in [4.69, 9.17) is 9.73 Å². The van der Waals surface area contributed by atoms with Crippen molar-refractivity contribution in [2.24, 2.45) is 4.99 Å². The molecule has 6 nitrogen and oxygen atoms in total. The number of benzene rings is 1. The van der Waals surface area contributed by atoms with E-state index in [0.717, 1.165) is 71.5 Å². The van der Waals surface area contributed by atoms with Gasteiger partial charge in [0, 0.05) is 52.4 Å². The predicted octanol–water partition coefficient (Wildman–Crippen LogP) is 2.23. The summed E-state index contributed by atoms with van der Waals surface area (Å²) in [5.41, 5.74) is 1.26. The topological polar surface area (TPSA) is 43.3 Å². The molecule has 2 fully saturated rings. The molecule has 0 saturated carbocycles. The van der Waals surface area contributed by atoms with Crippen molar-refractivity contribution in [3.63, 3.8) is 0 Å². The van der Waals surface area contributed by atoms with Crippen molar-refractivity contribution < 1.29 is 4.74 Å². The first-order valence-electron chi connectivity index (χ1n) is 10.5. The molecule has 2 aliphatic heterocycles. The zero-order valence-electron chi connectivity index (χ0n) is 17.8. The number of guanidine groups is 1. The third-order valence-corrected chi connectivity index (χ3v) is 5.27. The molecule has 2 aliphatic rings. The van der Waals surface area contributed by atoms with E-state index < -0.39 is 0 Å². The number of hydrogen-bond donors (Lipinski definition) is 1. The third-order valence-electron chi connectivity index (χ3n) is 5.27. The second kappa shape index (κ2) is 13.2. The predicted molar refractivity (Wildman–Crippen MR) is 132 cm³/mol. The first kappa shape index (κ1) is 24.1. The number of nitrogens with one attached hydrogen (secondary N) is 1. The minimum absolute atomic E-state index is 0. The lowest BCUT2D eigenvalue weighted by atomic mass is 10.2. The molecule has 2 heterocycles. The number of morpholine rings is 1. The highest BCUT2D eigenvalue weighted by Gasteiger charge is 2.21. The molecule has 1 N–H and O–H groups in total. The number of likely N-dealkylation sites (N-methyl/N-ethyl adjacent to an activating group) is 1. The smallest absolute Gasteiger partial charge is 0.194 e. The fraction of sp³-hybridized carbons (Fsp3) is 0.591. The van der Waals surface area contributed by atoms with Gasteiger partial charge >= 0.3 is 0 Å². The van der Waals surface area contributed by atoms with Gasteiger partial charge in [-0.1, -0.05) is 42.5 Å². The van der Waals surface area contributed by atoms with Crippen LogP contribution in [0.3, 0.4) is 0 Å². The number of halogens is 1. The van der Waals surface area contributed by atoms with Gasteiger partial charge in [-0.3, -0.25) is 9.89 Å². The molecule has 1 atom stereocenters. The van der Waals surface area contributed by atoms with Crippen molar-refractivity contribution in [3.8, 4) is 0 Å². The monoisotopic (exact) mass is 513 g/mol. The van der Waals surface area contributed by atoms with Gasteiger partial charge in [0.15, 0.2) is 5.96 Å². The van der Waals surface area contributed by atoms with Crippen LogP contribution in [0.15, 0.2) is 41.4 Å². The molecule has 7 heteroatoms. The summed E-state index contributed by atoms with van der Waals surface area (Å²) >= 11 is 0. The van der Waals surface area contributed by atoms with Gasteiger partial charge < -0.3 is 19.9 Å². The number of ether oxygens (including phenoxy) is 1. The first-order valence-corrected chi connectivity index (χ1v) is 10.5. The maximum absolute atomic E-state index is 5.85. The molecule has 0 aliphatic carbocycles. The highest BCUT2D eigenvalue weighted by atomic mass is 127. The summed E-state index contributed by atoms with van der Waals surface area (Å²) in [6.07, 6.45) is 4.68. The number of nitrogens with zero attached hydrogens (tertiary/aromatic N) is 4. The molecule has 0 amide bonds. The molecule has 3 rings (SSSR count). The van der Waals surface area contributed by atoms with Crippen LogP contribution < -0.4 is 5.32 Å². The normalized spacial score (nSPS) is 21.9. The van der Waals surface area contributed by atoms with Crippen molar-refractivity contribution in [1.82, 2.24) is 20.0 Å². The number of rotatable bonds is 6. The maximum Gasteiger partial charge on any atom is 0.194 e. The number of hydrogen-bond acceptors (Lipinski definition) is 4. The summed E-state index contributed by atoms with van der Waals surface area (Å²) in [6, 6.07) is 10.5. The van der Waals surface area contributed by atoms with Crippen LogP contribution in [0, 0.1) is 0 Å². The molecule has 0 bridgehead atoms. The zero-order valence-corrected chi connectivity index (χ0v) is 20.1. The summed E-state index contributed by atoms with van der Waals surface area (Å²) < 4.78 is 5.85. The van der Waals surface area contributed by atoms with E-state index in [-0.39, 0.29) is 30.1 Å². The van der Waals surface area contributed by atoms with Crippen LogP contribution in [0.1, 0.15) is 12.5 Å². The van der Waals surface area contributed by atoms with Gasteiger partial charge in [-0.15, -0.1) is 24.0 Å². The summed E-state index contributed by atoms with van der Waals surface area (Å²) in [4.78, 5) is 12.1. The lowest BCUT2D eigenvalue weighted by Crippen LogP contribution is -2.52. The van der Waals surface area contributed by atoms with Gasteiger partial charge in [0.25, 0.3) is 0 Å². The van der Waals surface area contributed by atoms with Crippen molar-refractivity contribution in [2.45, 2.75) is 13.0 Å². The van der Waals surface area contributed by atoms with E-state index in [2.05, 4.69) is 76.5 Å². The summed E-state index contributed by atoms with van der Waals surface area (Å²) in [5, 5.41) is 3.46. The first-order chi connectivity index (χ1) is 13.7. The highest BCUT2D eigenvalue weighted by molar-refractivity contribution is 14.0. The Kier molecular flexibility index (Phi) is 11.0. The van der Waals surface area contributed by atoms with Gasteiger partial charge in [-0.2, -0.15) is 0 Å². The average Bonchev–Trinajstić information content (AvgIpc) is 2.73. The van der Waals surface area contributed by atoms with Gasteiger partial charge in [0.1, 0.15) is 0 Å². The Labute approximate surface area is 193 Å². The van der Waals surface area contributed by atoms with E-state index in [9.17, 15) is 0 Å². The summed E-state index contributed by atoms with van der Waals surface area (Å²) in [7, 11) is 2.15. The Morgan fingerprint density at radius 2 is 1.93 bits per heavy atom. The minimum atomic E-state index is 0. The second-order valence-electron chi connectivity index (χ2n) is 7.55. The molecule has 2 saturated heterocycles. The molecule has 1 aromatic rings. The molecule has 1 aromatic carbocycles. The summed E-state index contributed by atoms with van der Waals surface area (Å²) in [6.45, 7) is 11.7. The van der Waals surface area contributed by atoms with Crippen molar-refractivity contribution in [1.29, 1.82) is 0 Å². The quantitative estimate of drug-likeness (QED) is 0.359. The van der Waals surface area contributed by atoms with Crippen LogP contribution >= 0.6 is 24.0 Å². The van der Waals surface area contributed by atoms with Crippen LogP contribution in [-0.4, -0.2) is 99.3 Å². The fourth-order valence-corrected chi connectivity index (χ4v) is 3.64.